The van der Waals surface area contributed by atoms with Gasteiger partial charge in [0.05, 0.1) is 7.11 Å². The second-order valence-electron chi connectivity index (χ2n) is 8.32. The predicted octanol–water partition coefficient (Wildman–Crippen LogP) is 4.26. The largest absolute Gasteiger partial charge is 0.497 e. The lowest BCUT2D eigenvalue weighted by Crippen LogP contribution is -2.46. The van der Waals surface area contributed by atoms with Crippen molar-refractivity contribution in [2.24, 2.45) is 5.92 Å². The Morgan fingerprint density at radius 3 is 2.81 bits per heavy atom. The summed E-state index contributed by atoms with van der Waals surface area (Å²) in [5.74, 6) is 2.42. The van der Waals surface area contributed by atoms with Crippen LogP contribution in [0.4, 0.5) is 4.79 Å². The van der Waals surface area contributed by atoms with E-state index in [0.29, 0.717) is 37.1 Å². The van der Waals surface area contributed by atoms with E-state index in [1.807, 2.05) is 60.4 Å². The fourth-order valence-electron chi connectivity index (χ4n) is 4.15. The molecule has 1 N–H and O–H groups in total. The van der Waals surface area contributed by atoms with Crippen LogP contribution in [0.2, 0.25) is 0 Å². The van der Waals surface area contributed by atoms with Crippen molar-refractivity contribution in [3.05, 3.63) is 65.5 Å². The van der Waals surface area contributed by atoms with Crippen molar-refractivity contribution in [1.29, 1.82) is 0 Å². The maximum absolute atomic E-state index is 12.7. The fourth-order valence-corrected chi connectivity index (χ4v) is 4.15. The normalized spacial score (nSPS) is 16.1. The number of ether oxygens (including phenoxy) is 1. The number of hydrogen-bond donors (Lipinski definition) is 1. The molecule has 3 aromatic rings. The maximum atomic E-state index is 12.7. The Balaban J connectivity index is 1.26. The number of urea groups is 1. The number of aryl methyl sites for hydroxylation is 1. The molecule has 1 aliphatic rings. The first-order chi connectivity index (χ1) is 15.6. The molecule has 0 bridgehead atoms. The van der Waals surface area contributed by atoms with Crippen LogP contribution in [0.3, 0.4) is 0 Å². The standard InChI is InChI=1S/C25H30N4O3/c1-18-6-3-4-8-22(18)24-27-23(32-28-24)16-20-7-5-15-29(17-20)25(30)26-14-13-19-9-11-21(31-2)12-10-19/h3-4,6,8-12,20H,5,7,13-17H2,1-2H3,(H,26,30). The van der Waals surface area contributed by atoms with Gasteiger partial charge in [0, 0.05) is 31.6 Å². The molecule has 1 aliphatic heterocycles. The summed E-state index contributed by atoms with van der Waals surface area (Å²) in [5.41, 5.74) is 3.28. The second-order valence-corrected chi connectivity index (χ2v) is 8.32. The van der Waals surface area contributed by atoms with E-state index >= 15 is 0 Å². The van der Waals surface area contributed by atoms with Gasteiger partial charge in [0.2, 0.25) is 11.7 Å². The van der Waals surface area contributed by atoms with Crippen LogP contribution in [0.15, 0.2) is 53.1 Å². The molecule has 2 heterocycles. The number of nitrogens with zero attached hydrogens (tertiary/aromatic N) is 3. The number of likely N-dealkylation sites (tertiary alicyclic amines) is 1. The van der Waals surface area contributed by atoms with Crippen LogP contribution >= 0.6 is 0 Å². The van der Waals surface area contributed by atoms with Gasteiger partial charge in [-0.25, -0.2) is 4.79 Å². The first-order valence-corrected chi connectivity index (χ1v) is 11.2. The SMILES string of the molecule is COc1ccc(CCNC(=O)N2CCCC(Cc3nc(-c4ccccc4C)no3)C2)cc1. The number of nitrogens with one attached hydrogen (secondary N) is 1. The monoisotopic (exact) mass is 434 g/mol. The van der Waals surface area contributed by atoms with Crippen molar-refractivity contribution in [1.82, 2.24) is 20.4 Å². The van der Waals surface area contributed by atoms with Gasteiger partial charge in [-0.2, -0.15) is 4.98 Å². The average molecular weight is 435 g/mol. The van der Waals surface area contributed by atoms with Crippen LogP contribution in [-0.4, -0.2) is 47.8 Å². The van der Waals surface area contributed by atoms with Crippen molar-refractivity contribution in [3.8, 4) is 17.1 Å². The Bertz CT molecular complexity index is 1030. The highest BCUT2D eigenvalue weighted by molar-refractivity contribution is 5.74. The molecule has 168 valence electrons. The summed E-state index contributed by atoms with van der Waals surface area (Å²) >= 11 is 0. The first kappa shape index (κ1) is 21.9. The van der Waals surface area contributed by atoms with Crippen LogP contribution in [0.1, 0.15) is 29.9 Å². The Morgan fingerprint density at radius 2 is 2.03 bits per heavy atom. The van der Waals surface area contributed by atoms with E-state index in [2.05, 4.69) is 15.5 Å². The lowest BCUT2D eigenvalue weighted by atomic mass is 9.95. The third kappa shape index (κ3) is 5.46. The highest BCUT2D eigenvalue weighted by Crippen LogP contribution is 2.24. The Labute approximate surface area is 188 Å². The number of benzene rings is 2. The number of rotatable bonds is 7. The number of carbonyl (C=O) groups excluding carboxylic acids is 1. The van der Waals surface area contributed by atoms with Gasteiger partial charge in [-0.15, -0.1) is 0 Å². The number of hydrogen-bond acceptors (Lipinski definition) is 5. The molecule has 1 saturated heterocycles. The average Bonchev–Trinajstić information content (AvgIpc) is 3.28. The van der Waals surface area contributed by atoms with Gasteiger partial charge < -0.3 is 19.5 Å². The molecule has 7 heteroatoms. The molecular weight excluding hydrogens is 404 g/mol. The van der Waals surface area contributed by atoms with Crippen molar-refractivity contribution < 1.29 is 14.1 Å². The topological polar surface area (TPSA) is 80.5 Å². The molecule has 7 nitrogen and oxygen atoms in total. The number of piperidine rings is 1. The lowest BCUT2D eigenvalue weighted by Gasteiger charge is -2.32. The van der Waals surface area contributed by atoms with E-state index in [0.717, 1.165) is 42.7 Å². The van der Waals surface area contributed by atoms with E-state index in [-0.39, 0.29) is 6.03 Å². The molecule has 1 unspecified atom stereocenters. The summed E-state index contributed by atoms with van der Waals surface area (Å²) in [5, 5.41) is 7.21. The number of aromatic nitrogens is 2. The molecule has 1 atom stereocenters. The highest BCUT2D eigenvalue weighted by atomic mass is 16.5. The maximum Gasteiger partial charge on any atom is 0.317 e. The minimum absolute atomic E-state index is 0.00524. The third-order valence-electron chi connectivity index (χ3n) is 5.97. The zero-order valence-corrected chi connectivity index (χ0v) is 18.7. The highest BCUT2D eigenvalue weighted by Gasteiger charge is 2.25. The molecule has 0 aliphatic carbocycles. The fraction of sp³-hybridized carbons (Fsp3) is 0.400. The van der Waals surface area contributed by atoms with Crippen molar-refractivity contribution in [2.45, 2.75) is 32.6 Å². The summed E-state index contributed by atoms with van der Waals surface area (Å²) in [7, 11) is 1.66. The van der Waals surface area contributed by atoms with Crippen LogP contribution in [0, 0.1) is 12.8 Å². The minimum atomic E-state index is -0.00524. The first-order valence-electron chi connectivity index (χ1n) is 11.2. The summed E-state index contributed by atoms with van der Waals surface area (Å²) in [6.45, 7) is 4.13. The van der Waals surface area contributed by atoms with E-state index < -0.39 is 0 Å². The molecule has 2 aromatic carbocycles. The van der Waals surface area contributed by atoms with Gasteiger partial charge in [-0.05, 0) is 55.4 Å². The number of carbonyl (C=O) groups is 1. The van der Waals surface area contributed by atoms with Gasteiger partial charge in [-0.3, -0.25) is 0 Å². The molecule has 2 amide bonds. The van der Waals surface area contributed by atoms with Gasteiger partial charge in [0.1, 0.15) is 5.75 Å². The molecule has 0 radical (unpaired) electrons. The molecule has 1 aromatic heterocycles. The van der Waals surface area contributed by atoms with Crippen LogP contribution in [0.25, 0.3) is 11.4 Å². The van der Waals surface area contributed by atoms with Crippen molar-refractivity contribution in [2.75, 3.05) is 26.7 Å². The predicted molar refractivity (Wildman–Crippen MR) is 123 cm³/mol. The van der Waals surface area contributed by atoms with E-state index in [9.17, 15) is 4.79 Å². The molecular formula is C25H30N4O3. The second kappa shape index (κ2) is 10.3. The Hall–Kier alpha value is -3.35. The molecule has 1 fully saturated rings. The summed E-state index contributed by atoms with van der Waals surface area (Å²) in [4.78, 5) is 19.2. The van der Waals surface area contributed by atoms with Gasteiger partial charge in [0.25, 0.3) is 0 Å². The summed E-state index contributed by atoms with van der Waals surface area (Å²) in [6.07, 6.45) is 3.51. The molecule has 0 saturated carbocycles. The lowest BCUT2D eigenvalue weighted by molar-refractivity contribution is 0.162. The molecule has 4 rings (SSSR count). The van der Waals surface area contributed by atoms with Crippen molar-refractivity contribution in [3.63, 3.8) is 0 Å². The van der Waals surface area contributed by atoms with E-state index in [1.165, 1.54) is 5.56 Å². The zero-order valence-electron chi connectivity index (χ0n) is 18.7. The Morgan fingerprint density at radius 1 is 1.22 bits per heavy atom. The molecule has 0 spiro atoms. The van der Waals surface area contributed by atoms with E-state index in [1.54, 1.807) is 7.11 Å². The van der Waals surface area contributed by atoms with Crippen LogP contribution in [-0.2, 0) is 12.8 Å². The smallest absolute Gasteiger partial charge is 0.317 e. The quantitative estimate of drug-likeness (QED) is 0.601. The van der Waals surface area contributed by atoms with E-state index in [4.69, 9.17) is 9.26 Å². The van der Waals surface area contributed by atoms with Gasteiger partial charge in [-0.1, -0.05) is 41.6 Å². The van der Waals surface area contributed by atoms with Gasteiger partial charge >= 0.3 is 6.03 Å². The number of methoxy groups -OCH3 is 1. The van der Waals surface area contributed by atoms with Crippen LogP contribution in [0.5, 0.6) is 5.75 Å². The minimum Gasteiger partial charge on any atom is -0.497 e. The molecule has 32 heavy (non-hydrogen) atoms. The van der Waals surface area contributed by atoms with Crippen molar-refractivity contribution >= 4 is 6.03 Å². The zero-order chi connectivity index (χ0) is 22.3. The van der Waals surface area contributed by atoms with Gasteiger partial charge in [0.15, 0.2) is 0 Å². The third-order valence-corrected chi connectivity index (χ3v) is 5.97. The Kier molecular flexibility index (Phi) is 7.04. The number of amides is 2. The summed E-state index contributed by atoms with van der Waals surface area (Å²) < 4.78 is 10.7. The van der Waals surface area contributed by atoms with Crippen LogP contribution < -0.4 is 10.1 Å². The summed E-state index contributed by atoms with van der Waals surface area (Å²) in [6, 6.07) is 15.9.